The maximum atomic E-state index is 9.40. The zero-order chi connectivity index (χ0) is 9.84. The highest BCUT2D eigenvalue weighted by atomic mass is 16.7. The van der Waals surface area contributed by atoms with E-state index < -0.39 is 12.4 Å². The Morgan fingerprint density at radius 1 is 1.15 bits per heavy atom. The molecule has 2 unspecified atom stereocenters. The highest BCUT2D eigenvalue weighted by molar-refractivity contribution is 4.88. The van der Waals surface area contributed by atoms with Crippen LogP contribution in [0.3, 0.4) is 0 Å². The van der Waals surface area contributed by atoms with Gasteiger partial charge in [0.2, 0.25) is 0 Å². The first kappa shape index (κ1) is 10.9. The Balaban J connectivity index is 2.57. The van der Waals surface area contributed by atoms with Crippen molar-refractivity contribution in [3.05, 3.63) is 0 Å². The van der Waals surface area contributed by atoms with E-state index in [1.807, 2.05) is 0 Å². The summed E-state index contributed by atoms with van der Waals surface area (Å²) in [6.07, 6.45) is -1.92. The van der Waals surface area contributed by atoms with Crippen LogP contribution in [0.1, 0.15) is 0 Å². The van der Waals surface area contributed by atoms with Crippen LogP contribution in [0.4, 0.5) is 0 Å². The molecule has 1 aliphatic heterocycles. The molecule has 1 heterocycles. The minimum Gasteiger partial charge on any atom is -0.382 e. The van der Waals surface area contributed by atoms with Crippen LogP contribution in [0.5, 0.6) is 0 Å². The van der Waals surface area contributed by atoms with Gasteiger partial charge in [0.25, 0.3) is 0 Å². The predicted molar refractivity (Wildman–Crippen MR) is 44.3 cm³/mol. The maximum absolute atomic E-state index is 9.40. The van der Waals surface area contributed by atoms with E-state index in [4.69, 9.17) is 18.9 Å². The van der Waals surface area contributed by atoms with Crippen molar-refractivity contribution in [3.8, 4) is 0 Å². The lowest BCUT2D eigenvalue weighted by molar-refractivity contribution is -0.141. The molecule has 5 heteroatoms. The Bertz CT molecular complexity index is 151. The first-order valence-electron chi connectivity index (χ1n) is 4.12. The van der Waals surface area contributed by atoms with Gasteiger partial charge in [0.05, 0.1) is 6.61 Å². The Kier molecular flexibility index (Phi) is 4.08. The molecule has 78 valence electrons. The third-order valence-electron chi connectivity index (χ3n) is 2.16. The molecule has 0 bridgehead atoms. The molecule has 0 aromatic rings. The molecule has 1 saturated heterocycles. The molecule has 0 aromatic carbocycles. The Labute approximate surface area is 77.5 Å². The third kappa shape index (κ3) is 2.18. The van der Waals surface area contributed by atoms with E-state index in [1.165, 1.54) is 7.11 Å². The molecule has 13 heavy (non-hydrogen) atoms. The number of methoxy groups -OCH3 is 3. The van der Waals surface area contributed by atoms with Gasteiger partial charge in [-0.25, -0.2) is 0 Å². The van der Waals surface area contributed by atoms with Crippen LogP contribution in [0.15, 0.2) is 0 Å². The van der Waals surface area contributed by atoms with E-state index in [0.717, 1.165) is 0 Å². The summed E-state index contributed by atoms with van der Waals surface area (Å²) in [6, 6.07) is 0. The average molecular weight is 192 g/mol. The summed E-state index contributed by atoms with van der Waals surface area (Å²) in [6.45, 7) is 0.384. The van der Waals surface area contributed by atoms with Crippen molar-refractivity contribution < 1.29 is 24.1 Å². The topological polar surface area (TPSA) is 57.2 Å². The van der Waals surface area contributed by atoms with E-state index in [9.17, 15) is 5.11 Å². The minimum atomic E-state index is -0.935. The second-order valence-electron chi connectivity index (χ2n) is 2.92. The van der Waals surface area contributed by atoms with Gasteiger partial charge in [-0.05, 0) is 0 Å². The number of rotatable bonds is 4. The lowest BCUT2D eigenvalue weighted by Crippen LogP contribution is -2.37. The van der Waals surface area contributed by atoms with Crippen LogP contribution in [-0.4, -0.2) is 57.6 Å². The molecule has 0 amide bonds. The normalized spacial score (nSPS) is 39.7. The second-order valence-corrected chi connectivity index (χ2v) is 2.92. The van der Waals surface area contributed by atoms with Gasteiger partial charge < -0.3 is 24.1 Å². The lowest BCUT2D eigenvalue weighted by atomic mass is 10.1. The van der Waals surface area contributed by atoms with E-state index in [2.05, 4.69) is 0 Å². The summed E-state index contributed by atoms with van der Waals surface area (Å²) in [5, 5.41) is 9.40. The highest BCUT2D eigenvalue weighted by Crippen LogP contribution is 2.24. The summed E-state index contributed by atoms with van der Waals surface area (Å²) < 4.78 is 20.3. The lowest BCUT2D eigenvalue weighted by Gasteiger charge is -2.19. The Morgan fingerprint density at radius 2 is 1.77 bits per heavy atom. The van der Waals surface area contributed by atoms with Gasteiger partial charge in [-0.2, -0.15) is 0 Å². The van der Waals surface area contributed by atoms with Crippen LogP contribution < -0.4 is 0 Å². The molecular formula is C8H16O5. The Hall–Kier alpha value is -0.200. The summed E-state index contributed by atoms with van der Waals surface area (Å²) in [4.78, 5) is 0. The Morgan fingerprint density at radius 3 is 2.23 bits per heavy atom. The highest BCUT2D eigenvalue weighted by Gasteiger charge is 2.44. The predicted octanol–water partition coefficient (Wildman–Crippen LogP) is -0.620. The first-order chi connectivity index (χ1) is 6.24. The summed E-state index contributed by atoms with van der Waals surface area (Å²) in [5.41, 5.74) is 0. The number of hydrogen-bond donors (Lipinski definition) is 1. The second kappa shape index (κ2) is 4.88. The number of ether oxygens (including phenoxy) is 4. The smallest absolute Gasteiger partial charge is 0.184 e. The van der Waals surface area contributed by atoms with Gasteiger partial charge in [0, 0.05) is 21.3 Å². The molecule has 0 aliphatic carbocycles. The van der Waals surface area contributed by atoms with Crippen LogP contribution in [0, 0.1) is 0 Å². The SMILES string of the molecule is COC[C@H]1O[C@@H](O)C(OC)C1OC. The van der Waals surface area contributed by atoms with Gasteiger partial charge in [-0.3, -0.25) is 0 Å². The van der Waals surface area contributed by atoms with Crippen LogP contribution >= 0.6 is 0 Å². The van der Waals surface area contributed by atoms with Crippen LogP contribution in [0.25, 0.3) is 0 Å². The molecule has 0 spiro atoms. The average Bonchev–Trinajstić information content (AvgIpc) is 2.41. The molecule has 5 nitrogen and oxygen atoms in total. The maximum Gasteiger partial charge on any atom is 0.184 e. The van der Waals surface area contributed by atoms with Gasteiger partial charge in [0.1, 0.15) is 18.3 Å². The van der Waals surface area contributed by atoms with Crippen LogP contribution in [-0.2, 0) is 18.9 Å². The van der Waals surface area contributed by atoms with Crippen molar-refractivity contribution in [1.82, 2.24) is 0 Å². The van der Waals surface area contributed by atoms with E-state index in [-0.39, 0.29) is 12.2 Å². The molecule has 4 atom stereocenters. The standard InChI is InChI=1S/C8H16O5/c1-10-4-5-6(11-2)7(12-3)8(9)13-5/h5-9H,4H2,1-3H3/t5-,6?,7?,8-/m1/s1. The van der Waals surface area contributed by atoms with Gasteiger partial charge in [0.15, 0.2) is 6.29 Å². The van der Waals surface area contributed by atoms with Crippen molar-refractivity contribution in [1.29, 1.82) is 0 Å². The molecule has 1 N–H and O–H groups in total. The number of hydrogen-bond acceptors (Lipinski definition) is 5. The quantitative estimate of drug-likeness (QED) is 0.643. The van der Waals surface area contributed by atoms with E-state index >= 15 is 0 Å². The molecular weight excluding hydrogens is 176 g/mol. The molecule has 0 saturated carbocycles. The molecule has 1 rings (SSSR count). The first-order valence-corrected chi connectivity index (χ1v) is 4.12. The fourth-order valence-electron chi connectivity index (χ4n) is 1.54. The van der Waals surface area contributed by atoms with Crippen molar-refractivity contribution >= 4 is 0 Å². The third-order valence-corrected chi connectivity index (χ3v) is 2.16. The summed E-state index contributed by atoms with van der Waals surface area (Å²) in [7, 11) is 4.64. The van der Waals surface area contributed by atoms with E-state index in [0.29, 0.717) is 6.61 Å². The van der Waals surface area contributed by atoms with Crippen LogP contribution in [0.2, 0.25) is 0 Å². The summed E-state index contributed by atoms with van der Waals surface area (Å²) >= 11 is 0. The van der Waals surface area contributed by atoms with E-state index in [1.54, 1.807) is 14.2 Å². The summed E-state index contributed by atoms with van der Waals surface area (Å²) in [5.74, 6) is 0. The van der Waals surface area contributed by atoms with Crippen molar-refractivity contribution in [2.24, 2.45) is 0 Å². The van der Waals surface area contributed by atoms with Gasteiger partial charge in [-0.15, -0.1) is 0 Å². The van der Waals surface area contributed by atoms with Gasteiger partial charge in [-0.1, -0.05) is 0 Å². The van der Waals surface area contributed by atoms with Crippen molar-refractivity contribution in [2.45, 2.75) is 24.6 Å². The zero-order valence-corrected chi connectivity index (χ0v) is 8.10. The molecule has 1 fully saturated rings. The number of aliphatic hydroxyl groups is 1. The minimum absolute atomic E-state index is 0.269. The molecule has 0 aromatic heterocycles. The number of aliphatic hydroxyl groups excluding tert-OH is 1. The fraction of sp³-hybridized carbons (Fsp3) is 1.00. The molecule has 0 radical (unpaired) electrons. The van der Waals surface area contributed by atoms with Gasteiger partial charge >= 0.3 is 0 Å². The molecule has 1 aliphatic rings. The largest absolute Gasteiger partial charge is 0.382 e. The zero-order valence-electron chi connectivity index (χ0n) is 8.10. The van der Waals surface area contributed by atoms with Crippen molar-refractivity contribution in [3.63, 3.8) is 0 Å². The fourth-order valence-corrected chi connectivity index (χ4v) is 1.54. The van der Waals surface area contributed by atoms with Crippen molar-refractivity contribution in [2.75, 3.05) is 27.9 Å². The monoisotopic (exact) mass is 192 g/mol.